The van der Waals surface area contributed by atoms with Crippen molar-refractivity contribution < 1.29 is 9.47 Å². The molecule has 3 aliphatic carbocycles. The van der Waals surface area contributed by atoms with Crippen LogP contribution >= 0.6 is 0 Å². The molecule has 2 heteroatoms. The summed E-state index contributed by atoms with van der Waals surface area (Å²) in [5, 5.41) is 0. The number of hydrogen-bond acceptors (Lipinski definition) is 2. The van der Waals surface area contributed by atoms with E-state index in [1.54, 1.807) is 5.57 Å². The van der Waals surface area contributed by atoms with Crippen LogP contribution in [0.5, 0.6) is 0 Å². The van der Waals surface area contributed by atoms with Crippen molar-refractivity contribution in [2.24, 2.45) is 28.6 Å². The summed E-state index contributed by atoms with van der Waals surface area (Å²) in [6.45, 7) is 11.0. The van der Waals surface area contributed by atoms with Crippen LogP contribution in [0.15, 0.2) is 11.6 Å². The van der Waals surface area contributed by atoms with Gasteiger partial charge in [-0.25, -0.2) is 0 Å². The van der Waals surface area contributed by atoms with Gasteiger partial charge in [-0.15, -0.1) is 0 Å². The lowest BCUT2D eigenvalue weighted by molar-refractivity contribution is -0.345. The Morgan fingerprint density at radius 2 is 1.71 bits per heavy atom. The van der Waals surface area contributed by atoms with Crippen LogP contribution in [0.25, 0.3) is 0 Å². The van der Waals surface area contributed by atoms with Crippen molar-refractivity contribution in [1.29, 1.82) is 0 Å². The Balaban J connectivity index is 1.72. The van der Waals surface area contributed by atoms with E-state index in [9.17, 15) is 0 Å². The van der Waals surface area contributed by atoms with Crippen LogP contribution < -0.4 is 0 Å². The van der Waals surface area contributed by atoms with Gasteiger partial charge in [-0.1, -0.05) is 39.3 Å². The minimum atomic E-state index is -0.297. The predicted octanol–water partition coefficient (Wildman–Crippen LogP) is 4.55. The van der Waals surface area contributed by atoms with Gasteiger partial charge in [-0.3, -0.25) is 0 Å². The van der Waals surface area contributed by atoms with Crippen molar-refractivity contribution in [1.82, 2.24) is 0 Å². The van der Waals surface area contributed by atoms with E-state index in [4.69, 9.17) is 9.47 Å². The van der Waals surface area contributed by atoms with Crippen LogP contribution in [0.4, 0.5) is 0 Å². The van der Waals surface area contributed by atoms with Gasteiger partial charge in [-0.2, -0.15) is 0 Å². The number of rotatable bonds is 0. The molecule has 118 valence electrons. The molecule has 3 atom stereocenters. The zero-order chi connectivity index (χ0) is 14.9. The van der Waals surface area contributed by atoms with Crippen LogP contribution in [-0.4, -0.2) is 19.0 Å². The second kappa shape index (κ2) is 4.35. The first-order chi connectivity index (χ1) is 9.81. The zero-order valence-corrected chi connectivity index (χ0v) is 14.1. The smallest absolute Gasteiger partial charge is 0.178 e. The molecule has 1 saturated heterocycles. The normalized spacial score (nSPS) is 42.5. The molecule has 0 aromatic rings. The Hall–Kier alpha value is -0.340. The van der Waals surface area contributed by atoms with Crippen LogP contribution in [0, 0.1) is 28.6 Å². The van der Waals surface area contributed by atoms with E-state index in [0.29, 0.717) is 23.2 Å². The minimum Gasteiger partial charge on any atom is -0.348 e. The molecule has 4 aliphatic rings. The molecule has 0 unspecified atom stereocenters. The lowest BCUT2D eigenvalue weighted by atomic mass is 9.71. The van der Waals surface area contributed by atoms with Gasteiger partial charge >= 0.3 is 0 Å². The number of hydrogen-bond donors (Lipinski definition) is 0. The van der Waals surface area contributed by atoms with E-state index in [2.05, 4.69) is 33.8 Å². The van der Waals surface area contributed by atoms with Gasteiger partial charge in [0.25, 0.3) is 0 Å². The maximum atomic E-state index is 6.58. The third kappa shape index (κ3) is 2.13. The van der Waals surface area contributed by atoms with Crippen molar-refractivity contribution in [3.8, 4) is 0 Å². The standard InChI is InChI=1S/C19H30O2/c1-17(2)9-14-8-13-6-5-7-15(13)19(16(14)10-17)20-11-18(3,4)12-21-19/h8,14-16H,5-7,9-12H2,1-4H3/t14-,15+,16+/m1/s1. The summed E-state index contributed by atoms with van der Waals surface area (Å²) in [7, 11) is 0. The van der Waals surface area contributed by atoms with Crippen molar-refractivity contribution in [3.63, 3.8) is 0 Å². The van der Waals surface area contributed by atoms with E-state index in [1.165, 1.54) is 32.1 Å². The van der Waals surface area contributed by atoms with E-state index in [0.717, 1.165) is 13.2 Å². The lowest BCUT2D eigenvalue weighted by Gasteiger charge is -2.53. The van der Waals surface area contributed by atoms with E-state index >= 15 is 0 Å². The van der Waals surface area contributed by atoms with Gasteiger partial charge < -0.3 is 9.47 Å². The third-order valence-electron chi connectivity index (χ3n) is 6.29. The van der Waals surface area contributed by atoms with E-state index < -0.39 is 0 Å². The summed E-state index contributed by atoms with van der Waals surface area (Å²) in [6, 6.07) is 0. The van der Waals surface area contributed by atoms with Crippen LogP contribution in [0.2, 0.25) is 0 Å². The highest BCUT2D eigenvalue weighted by molar-refractivity contribution is 5.25. The molecule has 4 rings (SSSR count). The largest absolute Gasteiger partial charge is 0.348 e. The monoisotopic (exact) mass is 290 g/mol. The van der Waals surface area contributed by atoms with Gasteiger partial charge in [0.1, 0.15) is 0 Å². The summed E-state index contributed by atoms with van der Waals surface area (Å²) in [6.07, 6.45) is 9.01. The molecule has 0 aromatic heterocycles. The fraction of sp³-hybridized carbons (Fsp3) is 0.895. The van der Waals surface area contributed by atoms with Crippen LogP contribution in [0.3, 0.4) is 0 Å². The Labute approximate surface area is 129 Å². The fourth-order valence-corrected chi connectivity index (χ4v) is 5.40. The maximum absolute atomic E-state index is 6.58. The molecule has 0 amide bonds. The highest BCUT2D eigenvalue weighted by atomic mass is 16.7. The van der Waals surface area contributed by atoms with Gasteiger partial charge in [0.15, 0.2) is 5.79 Å². The fourth-order valence-electron chi connectivity index (χ4n) is 5.40. The van der Waals surface area contributed by atoms with Crippen molar-refractivity contribution in [2.75, 3.05) is 13.2 Å². The van der Waals surface area contributed by atoms with E-state index in [1.807, 2.05) is 0 Å². The summed E-state index contributed by atoms with van der Waals surface area (Å²) in [5.41, 5.74) is 2.24. The molecular weight excluding hydrogens is 260 g/mol. The molecule has 0 radical (unpaired) electrons. The second-order valence-electron chi connectivity index (χ2n) is 9.49. The molecule has 1 aliphatic heterocycles. The van der Waals surface area contributed by atoms with Crippen molar-refractivity contribution in [3.05, 3.63) is 11.6 Å². The molecule has 0 aromatic carbocycles. The minimum absolute atomic E-state index is 0.162. The molecular formula is C19H30O2. The highest BCUT2D eigenvalue weighted by Crippen LogP contribution is 2.61. The Kier molecular flexibility index (Phi) is 2.96. The predicted molar refractivity (Wildman–Crippen MR) is 83.8 cm³/mol. The second-order valence-corrected chi connectivity index (χ2v) is 9.49. The first-order valence-electron chi connectivity index (χ1n) is 8.80. The third-order valence-corrected chi connectivity index (χ3v) is 6.29. The average molecular weight is 290 g/mol. The number of allylic oxidation sites excluding steroid dienone is 1. The Bertz CT molecular complexity index is 464. The number of ether oxygens (including phenoxy) is 2. The maximum Gasteiger partial charge on any atom is 0.178 e. The quantitative estimate of drug-likeness (QED) is 0.609. The summed E-state index contributed by atoms with van der Waals surface area (Å²) < 4.78 is 13.2. The number of fused-ring (bicyclic) bond motifs is 4. The molecule has 1 heterocycles. The van der Waals surface area contributed by atoms with Gasteiger partial charge in [0.05, 0.1) is 13.2 Å². The summed E-state index contributed by atoms with van der Waals surface area (Å²) in [5.74, 6) is 1.47. The Morgan fingerprint density at radius 1 is 1.00 bits per heavy atom. The first kappa shape index (κ1) is 14.3. The van der Waals surface area contributed by atoms with E-state index in [-0.39, 0.29) is 11.2 Å². The molecule has 0 N–H and O–H groups in total. The molecule has 21 heavy (non-hydrogen) atoms. The summed E-state index contributed by atoms with van der Waals surface area (Å²) in [4.78, 5) is 0. The molecule has 2 saturated carbocycles. The Morgan fingerprint density at radius 3 is 2.43 bits per heavy atom. The molecule has 2 nitrogen and oxygen atoms in total. The summed E-state index contributed by atoms with van der Waals surface area (Å²) >= 11 is 0. The lowest BCUT2D eigenvalue weighted by Crippen LogP contribution is -2.58. The van der Waals surface area contributed by atoms with Crippen LogP contribution in [-0.2, 0) is 9.47 Å². The van der Waals surface area contributed by atoms with Crippen molar-refractivity contribution in [2.45, 2.75) is 65.6 Å². The van der Waals surface area contributed by atoms with Gasteiger partial charge in [0.2, 0.25) is 0 Å². The average Bonchev–Trinajstić information content (AvgIpc) is 2.96. The first-order valence-corrected chi connectivity index (χ1v) is 8.80. The molecule has 0 bridgehead atoms. The molecule has 3 fully saturated rings. The van der Waals surface area contributed by atoms with Gasteiger partial charge in [-0.05, 0) is 43.4 Å². The topological polar surface area (TPSA) is 18.5 Å². The SMILES string of the molecule is CC1(C)COC2(OC1)[C@H]1CCCC1=C[C@@H]1CC(C)(C)C[C@@H]12. The molecule has 1 spiro atoms. The van der Waals surface area contributed by atoms with Crippen molar-refractivity contribution >= 4 is 0 Å². The highest BCUT2D eigenvalue weighted by Gasteiger charge is 2.61. The van der Waals surface area contributed by atoms with Crippen LogP contribution in [0.1, 0.15) is 59.8 Å². The zero-order valence-electron chi connectivity index (χ0n) is 14.1. The van der Waals surface area contributed by atoms with Gasteiger partial charge in [0, 0.05) is 17.3 Å².